The summed E-state index contributed by atoms with van der Waals surface area (Å²) in [5.74, 6) is -1.16. The van der Waals surface area contributed by atoms with Crippen molar-refractivity contribution in [2.24, 2.45) is 0 Å². The van der Waals surface area contributed by atoms with Gasteiger partial charge in [-0.2, -0.15) is 0 Å². The smallest absolute Gasteiger partial charge is 0.340 e. The molecule has 1 rings (SSSR count). The summed E-state index contributed by atoms with van der Waals surface area (Å²) < 4.78 is 9.70. The lowest BCUT2D eigenvalue weighted by atomic mass is 10.0. The summed E-state index contributed by atoms with van der Waals surface area (Å²) in [5.41, 5.74) is 1.30. The van der Waals surface area contributed by atoms with E-state index in [-0.39, 0.29) is 0 Å². The molecule has 0 aliphatic carbocycles. The van der Waals surface area contributed by atoms with E-state index in [9.17, 15) is 9.35 Å². The molecule has 1 atom stereocenters. The van der Waals surface area contributed by atoms with Gasteiger partial charge < -0.3 is 9.66 Å². The lowest BCUT2D eigenvalue weighted by Crippen LogP contribution is -2.25. The van der Waals surface area contributed by atoms with Crippen molar-refractivity contribution in [3.8, 4) is 0 Å². The van der Waals surface area contributed by atoms with Crippen LogP contribution in [-0.4, -0.2) is 26.2 Å². The molecule has 1 aromatic rings. The molecular formula is C19H28Cl2O3S. The molecule has 0 saturated heterocycles. The van der Waals surface area contributed by atoms with Crippen LogP contribution in [0.4, 0.5) is 0 Å². The minimum Gasteiger partial charge on any atom is -0.612 e. The van der Waals surface area contributed by atoms with Gasteiger partial charge in [0.1, 0.15) is 6.26 Å². The Kier molecular flexibility index (Phi) is 10.9. The van der Waals surface area contributed by atoms with Crippen molar-refractivity contribution in [3.05, 3.63) is 29.8 Å². The van der Waals surface area contributed by atoms with Gasteiger partial charge in [0.15, 0.2) is 4.90 Å². The van der Waals surface area contributed by atoms with Crippen LogP contribution in [0.3, 0.4) is 0 Å². The van der Waals surface area contributed by atoms with E-state index < -0.39 is 21.5 Å². The number of hydrogen-bond donors (Lipinski definition) is 1. The van der Waals surface area contributed by atoms with Crippen molar-refractivity contribution in [2.45, 2.75) is 73.4 Å². The van der Waals surface area contributed by atoms with Crippen LogP contribution < -0.4 is 0 Å². The number of halogens is 2. The van der Waals surface area contributed by atoms with Crippen molar-refractivity contribution in [1.29, 1.82) is 0 Å². The van der Waals surface area contributed by atoms with Crippen LogP contribution in [0.2, 0.25) is 0 Å². The number of aryl methyl sites for hydroxylation is 1. The summed E-state index contributed by atoms with van der Waals surface area (Å²) in [4.78, 5) is 11.6. The minimum atomic E-state index is -1.63. The molecule has 0 aromatic heterocycles. The van der Waals surface area contributed by atoms with E-state index in [2.05, 4.69) is 12.1 Å². The van der Waals surface area contributed by atoms with Gasteiger partial charge in [-0.15, -0.1) is 0 Å². The Bertz CT molecular complexity index is 504. The minimum absolute atomic E-state index is 0.301. The van der Waals surface area contributed by atoms with Gasteiger partial charge in [-0.05, 0) is 54.6 Å². The van der Waals surface area contributed by atoms with Crippen LogP contribution in [0.15, 0.2) is 29.2 Å². The first-order chi connectivity index (χ1) is 11.8. The highest BCUT2D eigenvalue weighted by Crippen LogP contribution is 2.28. The Morgan fingerprint density at radius 1 is 1.00 bits per heavy atom. The number of rotatable bonds is 13. The predicted molar refractivity (Wildman–Crippen MR) is 106 cm³/mol. The molecule has 0 fully saturated rings. The first-order valence-electron chi connectivity index (χ1n) is 8.86. The maximum absolute atomic E-state index is 11.3. The number of unbranched alkanes of at least 4 members (excludes halogenated alkanes) is 7. The van der Waals surface area contributed by atoms with E-state index in [1.807, 2.05) is 12.1 Å². The highest BCUT2D eigenvalue weighted by molar-refractivity contribution is 7.90. The number of aliphatic carboxylic acids is 1. The van der Waals surface area contributed by atoms with Crippen molar-refractivity contribution in [1.82, 2.24) is 0 Å². The van der Waals surface area contributed by atoms with Gasteiger partial charge in [0.2, 0.25) is 4.33 Å². The van der Waals surface area contributed by atoms with E-state index >= 15 is 0 Å². The highest BCUT2D eigenvalue weighted by atomic mass is 35.5. The number of benzene rings is 1. The summed E-state index contributed by atoms with van der Waals surface area (Å²) >= 11 is 10.5. The van der Waals surface area contributed by atoms with Crippen LogP contribution in [-0.2, 0) is 22.4 Å². The average molecular weight is 407 g/mol. The molecule has 0 spiro atoms. The molecule has 1 aromatic carbocycles. The SMILES string of the molecule is C[S+]([O-])c1ccc(CCCCCCCCCCC(Cl)(Cl)C(=O)O)cc1. The van der Waals surface area contributed by atoms with Crippen molar-refractivity contribution in [2.75, 3.05) is 6.26 Å². The first-order valence-corrected chi connectivity index (χ1v) is 11.2. The zero-order valence-electron chi connectivity index (χ0n) is 14.8. The summed E-state index contributed by atoms with van der Waals surface area (Å²) in [7, 11) is 0. The van der Waals surface area contributed by atoms with Crippen molar-refractivity contribution >= 4 is 40.3 Å². The number of carboxylic acids is 1. The standard InChI is InChI=1S/C19H28Cl2O3S/c1-25(24)17-13-11-16(12-14-17)10-8-6-4-2-3-5-7-9-15-19(20,21)18(22)23/h11-14H,2-10,15H2,1H3,(H,22,23). The topological polar surface area (TPSA) is 60.4 Å². The molecule has 0 aliphatic heterocycles. The molecule has 0 heterocycles. The lowest BCUT2D eigenvalue weighted by Gasteiger charge is -2.13. The monoisotopic (exact) mass is 406 g/mol. The van der Waals surface area contributed by atoms with Crippen molar-refractivity contribution < 1.29 is 14.5 Å². The van der Waals surface area contributed by atoms with Gasteiger partial charge in [0.25, 0.3) is 0 Å². The number of carboxylic acid groups (broad SMARTS) is 1. The average Bonchev–Trinajstić information content (AvgIpc) is 2.56. The maximum Gasteiger partial charge on any atom is 0.340 e. The second-order valence-electron chi connectivity index (χ2n) is 6.44. The molecule has 0 saturated carbocycles. The summed E-state index contributed by atoms with van der Waals surface area (Å²) in [6, 6.07) is 8.04. The molecule has 0 amide bonds. The van der Waals surface area contributed by atoms with Gasteiger partial charge in [0, 0.05) is 0 Å². The first kappa shape index (κ1) is 22.6. The number of hydrogen-bond acceptors (Lipinski definition) is 2. The van der Waals surface area contributed by atoms with Gasteiger partial charge >= 0.3 is 5.97 Å². The van der Waals surface area contributed by atoms with Crippen LogP contribution >= 0.6 is 23.2 Å². The lowest BCUT2D eigenvalue weighted by molar-refractivity contribution is -0.138. The molecule has 3 nitrogen and oxygen atoms in total. The van der Waals surface area contributed by atoms with E-state index in [4.69, 9.17) is 28.3 Å². The molecule has 0 aliphatic rings. The van der Waals surface area contributed by atoms with E-state index in [0.29, 0.717) is 6.42 Å². The summed E-state index contributed by atoms with van der Waals surface area (Å²) in [5, 5.41) is 8.81. The second kappa shape index (κ2) is 12.1. The fourth-order valence-corrected chi connectivity index (χ4v) is 3.48. The third-order valence-electron chi connectivity index (χ3n) is 4.27. The Hall–Kier alpha value is -0.420. The zero-order valence-corrected chi connectivity index (χ0v) is 17.1. The van der Waals surface area contributed by atoms with Crippen LogP contribution in [0.25, 0.3) is 0 Å². The number of alkyl halides is 2. The van der Waals surface area contributed by atoms with Gasteiger partial charge in [-0.3, -0.25) is 0 Å². The van der Waals surface area contributed by atoms with E-state index in [1.54, 1.807) is 6.26 Å². The summed E-state index contributed by atoms with van der Waals surface area (Å²) in [6.07, 6.45) is 11.9. The highest BCUT2D eigenvalue weighted by Gasteiger charge is 2.32. The van der Waals surface area contributed by atoms with E-state index in [1.165, 1.54) is 37.7 Å². The largest absolute Gasteiger partial charge is 0.612 e. The molecule has 25 heavy (non-hydrogen) atoms. The molecular weight excluding hydrogens is 379 g/mol. The molecule has 142 valence electrons. The fourth-order valence-electron chi connectivity index (χ4n) is 2.69. The normalized spacial score (nSPS) is 13.0. The predicted octanol–water partition coefficient (Wildman–Crippen LogP) is 5.74. The van der Waals surface area contributed by atoms with Crippen molar-refractivity contribution in [3.63, 3.8) is 0 Å². The van der Waals surface area contributed by atoms with Gasteiger partial charge in [0.05, 0.1) is 0 Å². The molecule has 0 bridgehead atoms. The Morgan fingerprint density at radius 3 is 1.96 bits per heavy atom. The summed E-state index contributed by atoms with van der Waals surface area (Å²) in [6.45, 7) is 0. The van der Waals surface area contributed by atoms with Crippen LogP contribution in [0, 0.1) is 0 Å². The zero-order chi connectivity index (χ0) is 18.7. The van der Waals surface area contributed by atoms with Crippen LogP contribution in [0.5, 0.6) is 0 Å². The molecule has 1 unspecified atom stereocenters. The fraction of sp³-hybridized carbons (Fsp3) is 0.632. The molecule has 1 N–H and O–H groups in total. The molecule has 0 radical (unpaired) electrons. The Labute approximate surface area is 164 Å². The van der Waals surface area contributed by atoms with Gasteiger partial charge in [-0.25, -0.2) is 4.79 Å². The Balaban J connectivity index is 1.98. The van der Waals surface area contributed by atoms with E-state index in [0.717, 1.165) is 30.6 Å². The second-order valence-corrected chi connectivity index (χ2v) is 9.30. The number of carbonyl (C=O) groups is 1. The van der Waals surface area contributed by atoms with Crippen LogP contribution in [0.1, 0.15) is 63.4 Å². The third-order valence-corrected chi connectivity index (χ3v) is 5.91. The third kappa shape index (κ3) is 9.74. The molecule has 6 heteroatoms. The quantitative estimate of drug-likeness (QED) is 0.258. The van der Waals surface area contributed by atoms with Gasteiger partial charge in [-0.1, -0.05) is 73.9 Å². The Morgan fingerprint density at radius 2 is 1.48 bits per heavy atom. The maximum atomic E-state index is 11.3.